The van der Waals surface area contributed by atoms with Crippen molar-refractivity contribution in [3.8, 4) is 0 Å². The Labute approximate surface area is 113 Å². The molecule has 2 nitrogen and oxygen atoms in total. The third-order valence-electron chi connectivity index (χ3n) is 2.66. The van der Waals surface area contributed by atoms with E-state index in [9.17, 15) is 4.79 Å². The number of thiophene rings is 1. The van der Waals surface area contributed by atoms with Crippen molar-refractivity contribution in [3.63, 3.8) is 0 Å². The average Bonchev–Trinajstić information content (AvgIpc) is 2.78. The molecule has 17 heavy (non-hydrogen) atoms. The first-order valence-electron chi connectivity index (χ1n) is 6.03. The Hall–Kier alpha value is -0.540. The zero-order valence-electron chi connectivity index (χ0n) is 10.5. The van der Waals surface area contributed by atoms with Gasteiger partial charge in [0.25, 0.3) is 0 Å². The van der Waals surface area contributed by atoms with Gasteiger partial charge in [-0.15, -0.1) is 22.9 Å². The highest BCUT2D eigenvalue weighted by atomic mass is 35.5. The van der Waals surface area contributed by atoms with E-state index in [-0.39, 0.29) is 11.9 Å². The SMILES string of the molecule is CC(C)N(CCCl)C(=O)CCCc1cccs1. The molecule has 0 radical (unpaired) electrons. The number of halogens is 1. The number of nitrogens with zero attached hydrogens (tertiary/aromatic N) is 1. The number of hydrogen-bond donors (Lipinski definition) is 0. The number of carbonyl (C=O) groups excluding carboxylic acids is 1. The van der Waals surface area contributed by atoms with E-state index in [0.717, 1.165) is 12.8 Å². The Morgan fingerprint density at radius 2 is 2.29 bits per heavy atom. The summed E-state index contributed by atoms with van der Waals surface area (Å²) in [4.78, 5) is 15.2. The summed E-state index contributed by atoms with van der Waals surface area (Å²) in [6.45, 7) is 4.71. The molecule has 1 rings (SSSR count). The molecule has 0 N–H and O–H groups in total. The second-order valence-electron chi connectivity index (χ2n) is 4.30. The molecule has 0 aliphatic rings. The van der Waals surface area contributed by atoms with Gasteiger partial charge in [-0.1, -0.05) is 6.07 Å². The Kier molecular flexibility index (Phi) is 6.60. The summed E-state index contributed by atoms with van der Waals surface area (Å²) >= 11 is 7.46. The molecule has 0 saturated carbocycles. The predicted octanol–water partition coefficient (Wildman–Crippen LogP) is 3.55. The summed E-state index contributed by atoms with van der Waals surface area (Å²) in [7, 11) is 0. The number of hydrogen-bond acceptors (Lipinski definition) is 2. The second kappa shape index (κ2) is 7.72. The lowest BCUT2D eigenvalue weighted by atomic mass is 10.2. The quantitative estimate of drug-likeness (QED) is 0.696. The van der Waals surface area contributed by atoms with E-state index in [2.05, 4.69) is 17.5 Å². The number of amides is 1. The summed E-state index contributed by atoms with van der Waals surface area (Å²) in [6, 6.07) is 4.41. The van der Waals surface area contributed by atoms with Crippen molar-refractivity contribution in [2.24, 2.45) is 0 Å². The molecule has 0 saturated heterocycles. The maximum absolute atomic E-state index is 12.0. The van der Waals surface area contributed by atoms with Gasteiger partial charge >= 0.3 is 0 Å². The summed E-state index contributed by atoms with van der Waals surface area (Å²) < 4.78 is 0. The Bertz CT molecular complexity index is 324. The molecule has 1 amide bonds. The van der Waals surface area contributed by atoms with E-state index in [1.165, 1.54) is 4.88 Å². The van der Waals surface area contributed by atoms with Crippen LogP contribution >= 0.6 is 22.9 Å². The van der Waals surface area contributed by atoms with Crippen LogP contribution in [0.5, 0.6) is 0 Å². The van der Waals surface area contributed by atoms with Gasteiger partial charge in [-0.25, -0.2) is 0 Å². The third-order valence-corrected chi connectivity index (χ3v) is 3.77. The Morgan fingerprint density at radius 3 is 2.82 bits per heavy atom. The molecule has 4 heteroatoms. The fraction of sp³-hybridized carbons (Fsp3) is 0.615. The average molecular weight is 274 g/mol. The van der Waals surface area contributed by atoms with E-state index < -0.39 is 0 Å². The normalized spacial score (nSPS) is 10.8. The lowest BCUT2D eigenvalue weighted by Crippen LogP contribution is -2.38. The molecular weight excluding hydrogens is 254 g/mol. The van der Waals surface area contributed by atoms with Gasteiger partial charge < -0.3 is 4.90 Å². The highest BCUT2D eigenvalue weighted by Crippen LogP contribution is 2.13. The van der Waals surface area contributed by atoms with Crippen LogP contribution in [-0.4, -0.2) is 29.3 Å². The molecular formula is C13H20ClNOS. The fourth-order valence-corrected chi connectivity index (χ4v) is 2.71. The van der Waals surface area contributed by atoms with Gasteiger partial charge in [-0.05, 0) is 38.1 Å². The molecule has 0 bridgehead atoms. The van der Waals surface area contributed by atoms with Crippen LogP contribution in [0.4, 0.5) is 0 Å². The minimum absolute atomic E-state index is 0.220. The van der Waals surface area contributed by atoms with Crippen LogP contribution in [0.3, 0.4) is 0 Å². The van der Waals surface area contributed by atoms with Crippen LogP contribution in [0.1, 0.15) is 31.6 Å². The van der Waals surface area contributed by atoms with Crippen LogP contribution < -0.4 is 0 Å². The highest BCUT2D eigenvalue weighted by Gasteiger charge is 2.15. The largest absolute Gasteiger partial charge is 0.339 e. The van der Waals surface area contributed by atoms with Gasteiger partial charge in [0.15, 0.2) is 0 Å². The highest BCUT2D eigenvalue weighted by molar-refractivity contribution is 7.09. The van der Waals surface area contributed by atoms with Gasteiger partial charge in [0.05, 0.1) is 0 Å². The van der Waals surface area contributed by atoms with Gasteiger partial charge in [0.1, 0.15) is 0 Å². The maximum Gasteiger partial charge on any atom is 0.222 e. The van der Waals surface area contributed by atoms with Crippen molar-refractivity contribution >= 4 is 28.8 Å². The number of alkyl halides is 1. The smallest absolute Gasteiger partial charge is 0.222 e. The molecule has 0 aromatic carbocycles. The van der Waals surface area contributed by atoms with Crippen molar-refractivity contribution in [1.82, 2.24) is 4.90 Å². The number of rotatable bonds is 7. The molecule has 1 heterocycles. The summed E-state index contributed by atoms with van der Waals surface area (Å²) in [5, 5.41) is 2.07. The number of aryl methyl sites for hydroxylation is 1. The molecule has 0 unspecified atom stereocenters. The molecule has 0 aliphatic carbocycles. The summed E-state index contributed by atoms with van der Waals surface area (Å²) in [5.74, 6) is 0.728. The van der Waals surface area contributed by atoms with Gasteiger partial charge in [0.2, 0.25) is 5.91 Å². The molecule has 1 aromatic heterocycles. The van der Waals surface area contributed by atoms with Crippen molar-refractivity contribution in [3.05, 3.63) is 22.4 Å². The third kappa shape index (κ3) is 5.09. The molecule has 0 atom stereocenters. The lowest BCUT2D eigenvalue weighted by molar-refractivity contribution is -0.132. The Balaban J connectivity index is 2.31. The van der Waals surface area contributed by atoms with E-state index >= 15 is 0 Å². The van der Waals surface area contributed by atoms with Gasteiger partial charge in [-0.3, -0.25) is 4.79 Å². The van der Waals surface area contributed by atoms with Gasteiger partial charge in [-0.2, -0.15) is 0 Å². The zero-order valence-corrected chi connectivity index (χ0v) is 12.1. The topological polar surface area (TPSA) is 20.3 Å². The first kappa shape index (κ1) is 14.5. The summed E-state index contributed by atoms with van der Waals surface area (Å²) in [6.07, 6.45) is 2.54. The van der Waals surface area contributed by atoms with Crippen LogP contribution in [0.2, 0.25) is 0 Å². The fourth-order valence-electron chi connectivity index (χ4n) is 1.77. The van der Waals surface area contributed by atoms with E-state index in [1.807, 2.05) is 18.7 Å². The zero-order chi connectivity index (χ0) is 12.7. The van der Waals surface area contributed by atoms with Crippen molar-refractivity contribution < 1.29 is 4.79 Å². The van der Waals surface area contributed by atoms with E-state index in [1.54, 1.807) is 11.3 Å². The van der Waals surface area contributed by atoms with Crippen molar-refractivity contribution in [2.75, 3.05) is 12.4 Å². The van der Waals surface area contributed by atoms with Crippen LogP contribution in [-0.2, 0) is 11.2 Å². The minimum Gasteiger partial charge on any atom is -0.339 e. The van der Waals surface area contributed by atoms with E-state index in [4.69, 9.17) is 11.6 Å². The molecule has 0 spiro atoms. The Morgan fingerprint density at radius 1 is 1.53 bits per heavy atom. The molecule has 96 valence electrons. The molecule has 1 aromatic rings. The van der Waals surface area contributed by atoms with Crippen molar-refractivity contribution in [2.45, 2.75) is 39.2 Å². The summed E-state index contributed by atoms with van der Waals surface area (Å²) in [5.41, 5.74) is 0. The maximum atomic E-state index is 12.0. The minimum atomic E-state index is 0.220. The van der Waals surface area contributed by atoms with Crippen LogP contribution in [0, 0.1) is 0 Å². The predicted molar refractivity (Wildman–Crippen MR) is 74.8 cm³/mol. The van der Waals surface area contributed by atoms with Crippen LogP contribution in [0.25, 0.3) is 0 Å². The van der Waals surface area contributed by atoms with Crippen LogP contribution in [0.15, 0.2) is 17.5 Å². The number of carbonyl (C=O) groups is 1. The standard InChI is InChI=1S/C13H20ClNOS/c1-11(2)15(9-8-14)13(16)7-3-5-12-6-4-10-17-12/h4,6,10-11H,3,5,7-9H2,1-2H3. The second-order valence-corrected chi connectivity index (χ2v) is 5.71. The van der Waals surface area contributed by atoms with Crippen molar-refractivity contribution in [1.29, 1.82) is 0 Å². The van der Waals surface area contributed by atoms with E-state index in [0.29, 0.717) is 18.8 Å². The lowest BCUT2D eigenvalue weighted by Gasteiger charge is -2.25. The first-order chi connectivity index (χ1) is 8.15. The molecule has 0 fully saturated rings. The molecule has 0 aliphatic heterocycles. The monoisotopic (exact) mass is 273 g/mol. The van der Waals surface area contributed by atoms with Gasteiger partial charge in [0, 0.05) is 29.8 Å². The first-order valence-corrected chi connectivity index (χ1v) is 7.44.